The van der Waals surface area contributed by atoms with Crippen LogP contribution in [0.5, 0.6) is 0 Å². The summed E-state index contributed by atoms with van der Waals surface area (Å²) < 4.78 is 0. The van der Waals surface area contributed by atoms with E-state index in [0.29, 0.717) is 13.1 Å². The number of carbonyl (C=O) groups is 2. The minimum atomic E-state index is -0.570. The molecule has 1 aromatic rings. The molecule has 2 N–H and O–H groups in total. The molecule has 0 atom stereocenters. The highest BCUT2D eigenvalue weighted by Crippen LogP contribution is 2.19. The lowest BCUT2D eigenvalue weighted by atomic mass is 9.97. The van der Waals surface area contributed by atoms with Crippen molar-refractivity contribution in [1.29, 1.82) is 0 Å². The van der Waals surface area contributed by atoms with E-state index in [1.807, 2.05) is 31.2 Å². The quantitative estimate of drug-likeness (QED) is 0.649. The van der Waals surface area contributed by atoms with Crippen LogP contribution in [0.3, 0.4) is 0 Å². The van der Waals surface area contributed by atoms with Crippen molar-refractivity contribution in [1.82, 2.24) is 10.6 Å². The summed E-state index contributed by atoms with van der Waals surface area (Å²) in [5.74, 6) is -1.12. The van der Waals surface area contributed by atoms with E-state index in [0.717, 1.165) is 30.4 Å². The van der Waals surface area contributed by atoms with Gasteiger partial charge in [-0.15, -0.1) is 0 Å². The number of benzene rings is 1. The predicted molar refractivity (Wildman–Crippen MR) is 87.2 cm³/mol. The number of hydrogen-bond acceptors (Lipinski definition) is 2. The molecule has 0 unspecified atom stereocenters. The molecule has 1 aromatic carbocycles. The molecule has 0 fully saturated rings. The first-order chi connectivity index (χ1) is 10.6. The molecule has 22 heavy (non-hydrogen) atoms. The first-order valence-electron chi connectivity index (χ1n) is 7.94. The second-order valence-electron chi connectivity index (χ2n) is 5.79. The molecular formula is C18H24N2O2. The number of carbonyl (C=O) groups excluding carboxylic acids is 2. The smallest absolute Gasteiger partial charge is 0.309 e. The Morgan fingerprint density at radius 2 is 1.95 bits per heavy atom. The van der Waals surface area contributed by atoms with Crippen LogP contribution in [0.4, 0.5) is 0 Å². The van der Waals surface area contributed by atoms with E-state index in [2.05, 4.69) is 16.7 Å². The fraction of sp³-hybridized carbons (Fsp3) is 0.444. The summed E-state index contributed by atoms with van der Waals surface area (Å²) in [5, 5.41) is 5.33. The van der Waals surface area contributed by atoms with Gasteiger partial charge in [0.2, 0.25) is 0 Å². The maximum Gasteiger partial charge on any atom is 0.309 e. The second kappa shape index (κ2) is 8.37. The van der Waals surface area contributed by atoms with Crippen molar-refractivity contribution in [2.24, 2.45) is 0 Å². The van der Waals surface area contributed by atoms with Crippen molar-refractivity contribution in [3.05, 3.63) is 47.0 Å². The van der Waals surface area contributed by atoms with Crippen molar-refractivity contribution in [3.63, 3.8) is 0 Å². The van der Waals surface area contributed by atoms with Crippen LogP contribution in [0, 0.1) is 6.92 Å². The van der Waals surface area contributed by atoms with Gasteiger partial charge in [-0.25, -0.2) is 0 Å². The Labute approximate surface area is 132 Å². The molecule has 0 spiro atoms. The summed E-state index contributed by atoms with van der Waals surface area (Å²) in [7, 11) is 0. The zero-order chi connectivity index (χ0) is 15.8. The molecule has 0 aliphatic heterocycles. The van der Waals surface area contributed by atoms with Crippen LogP contribution in [0.25, 0.3) is 0 Å². The monoisotopic (exact) mass is 300 g/mol. The van der Waals surface area contributed by atoms with Crippen molar-refractivity contribution in [2.45, 2.75) is 45.6 Å². The number of hydrogen-bond donors (Lipinski definition) is 2. The van der Waals surface area contributed by atoms with Crippen molar-refractivity contribution in [2.75, 3.05) is 6.54 Å². The van der Waals surface area contributed by atoms with Crippen LogP contribution in [-0.2, 0) is 16.1 Å². The van der Waals surface area contributed by atoms with Crippen molar-refractivity contribution in [3.8, 4) is 0 Å². The molecule has 2 amide bonds. The lowest BCUT2D eigenvalue weighted by Crippen LogP contribution is -2.40. The predicted octanol–water partition coefficient (Wildman–Crippen LogP) is 2.62. The summed E-state index contributed by atoms with van der Waals surface area (Å²) in [5.41, 5.74) is 3.53. The van der Waals surface area contributed by atoms with Crippen LogP contribution in [-0.4, -0.2) is 18.4 Å². The minimum absolute atomic E-state index is 0.374. The van der Waals surface area contributed by atoms with Gasteiger partial charge < -0.3 is 10.6 Å². The normalized spacial score (nSPS) is 14.1. The van der Waals surface area contributed by atoms with Gasteiger partial charge in [0.05, 0.1) is 0 Å². The third-order valence-corrected chi connectivity index (χ3v) is 3.86. The van der Waals surface area contributed by atoms with Crippen molar-refractivity contribution >= 4 is 11.8 Å². The SMILES string of the molecule is Cc1cccc(CNC(=O)C(=O)NCCC2=CCCCC2)c1. The standard InChI is InChI=1S/C18H24N2O2/c1-14-6-5-9-16(12-14)13-20-18(22)17(21)19-11-10-15-7-3-2-4-8-15/h5-7,9,12H,2-4,8,10-11,13H2,1H3,(H,19,21)(H,20,22). The molecular weight excluding hydrogens is 276 g/mol. The summed E-state index contributed by atoms with van der Waals surface area (Å²) in [6.45, 7) is 2.90. The Kier molecular flexibility index (Phi) is 6.19. The van der Waals surface area contributed by atoms with E-state index < -0.39 is 11.8 Å². The summed E-state index contributed by atoms with van der Waals surface area (Å²) >= 11 is 0. The topological polar surface area (TPSA) is 58.2 Å². The number of amides is 2. The Hall–Kier alpha value is -2.10. The lowest BCUT2D eigenvalue weighted by Gasteiger charge is -2.12. The van der Waals surface area contributed by atoms with Gasteiger partial charge in [-0.1, -0.05) is 41.5 Å². The van der Waals surface area contributed by atoms with Crippen LogP contribution in [0.15, 0.2) is 35.9 Å². The molecule has 0 aromatic heterocycles. The molecule has 118 valence electrons. The molecule has 4 heteroatoms. The first-order valence-corrected chi connectivity index (χ1v) is 7.94. The van der Waals surface area contributed by atoms with Crippen molar-refractivity contribution < 1.29 is 9.59 Å². The molecule has 2 rings (SSSR count). The molecule has 0 radical (unpaired) electrons. The highest BCUT2D eigenvalue weighted by atomic mass is 16.2. The Balaban J connectivity index is 1.68. The number of nitrogens with one attached hydrogen (secondary N) is 2. The van der Waals surface area contributed by atoms with Crippen LogP contribution in [0.2, 0.25) is 0 Å². The van der Waals surface area contributed by atoms with E-state index in [9.17, 15) is 9.59 Å². The first kappa shape index (κ1) is 16.3. The molecule has 0 bridgehead atoms. The van der Waals surface area contributed by atoms with Crippen LogP contribution < -0.4 is 10.6 Å². The lowest BCUT2D eigenvalue weighted by molar-refractivity contribution is -0.139. The summed E-state index contributed by atoms with van der Waals surface area (Å²) in [4.78, 5) is 23.5. The minimum Gasteiger partial charge on any atom is -0.348 e. The van der Waals surface area contributed by atoms with Gasteiger partial charge in [0.1, 0.15) is 0 Å². The van der Waals surface area contributed by atoms with Gasteiger partial charge in [0, 0.05) is 13.1 Å². The third-order valence-electron chi connectivity index (χ3n) is 3.86. The van der Waals surface area contributed by atoms with Gasteiger partial charge in [-0.2, -0.15) is 0 Å². The zero-order valence-electron chi connectivity index (χ0n) is 13.2. The van der Waals surface area contributed by atoms with E-state index in [4.69, 9.17) is 0 Å². The molecule has 0 saturated heterocycles. The Morgan fingerprint density at radius 3 is 2.68 bits per heavy atom. The van der Waals surface area contributed by atoms with E-state index in [1.165, 1.54) is 18.4 Å². The fourth-order valence-electron chi connectivity index (χ4n) is 2.63. The van der Waals surface area contributed by atoms with E-state index in [1.54, 1.807) is 0 Å². The summed E-state index contributed by atoms with van der Waals surface area (Å²) in [6, 6.07) is 7.86. The summed E-state index contributed by atoms with van der Waals surface area (Å²) in [6.07, 6.45) is 7.86. The second-order valence-corrected chi connectivity index (χ2v) is 5.79. The van der Waals surface area contributed by atoms with E-state index in [-0.39, 0.29) is 0 Å². The maximum atomic E-state index is 11.7. The van der Waals surface area contributed by atoms with Gasteiger partial charge in [-0.3, -0.25) is 9.59 Å². The Morgan fingerprint density at radius 1 is 1.14 bits per heavy atom. The number of allylic oxidation sites excluding steroid dienone is 1. The van der Waals surface area contributed by atoms with Crippen LogP contribution in [0.1, 0.15) is 43.2 Å². The molecule has 1 aliphatic rings. The van der Waals surface area contributed by atoms with E-state index >= 15 is 0 Å². The van der Waals surface area contributed by atoms with Gasteiger partial charge in [0.25, 0.3) is 0 Å². The zero-order valence-corrected chi connectivity index (χ0v) is 13.2. The van der Waals surface area contributed by atoms with Gasteiger partial charge in [0.15, 0.2) is 0 Å². The maximum absolute atomic E-state index is 11.7. The third kappa shape index (κ3) is 5.35. The van der Waals surface area contributed by atoms with Gasteiger partial charge >= 0.3 is 11.8 Å². The highest BCUT2D eigenvalue weighted by molar-refractivity contribution is 6.35. The molecule has 0 saturated carbocycles. The molecule has 0 heterocycles. The highest BCUT2D eigenvalue weighted by Gasteiger charge is 2.12. The number of rotatable bonds is 5. The fourth-order valence-corrected chi connectivity index (χ4v) is 2.63. The van der Waals surface area contributed by atoms with Crippen LogP contribution >= 0.6 is 0 Å². The number of aryl methyl sites for hydroxylation is 1. The average molecular weight is 300 g/mol. The molecule has 4 nitrogen and oxygen atoms in total. The largest absolute Gasteiger partial charge is 0.348 e. The average Bonchev–Trinajstić information content (AvgIpc) is 2.53. The Bertz CT molecular complexity index is 564. The van der Waals surface area contributed by atoms with Gasteiger partial charge in [-0.05, 0) is 44.6 Å². The molecule has 1 aliphatic carbocycles.